The van der Waals surface area contributed by atoms with Crippen LogP contribution in [0.25, 0.3) is 16.6 Å². The predicted molar refractivity (Wildman–Crippen MR) is 131 cm³/mol. The molecule has 0 saturated heterocycles. The molecule has 0 aliphatic carbocycles. The molecule has 1 atom stereocenters. The summed E-state index contributed by atoms with van der Waals surface area (Å²) in [6, 6.07) is 13.5. The highest BCUT2D eigenvalue weighted by atomic mass is 32.2. The Bertz CT molecular complexity index is 1700. The van der Waals surface area contributed by atoms with Crippen LogP contribution in [-0.2, 0) is 27.5 Å². The Balaban J connectivity index is 1.63. The van der Waals surface area contributed by atoms with Gasteiger partial charge in [-0.15, -0.1) is 0 Å². The van der Waals surface area contributed by atoms with E-state index in [1.807, 2.05) is 0 Å². The van der Waals surface area contributed by atoms with E-state index < -0.39 is 44.8 Å². The van der Waals surface area contributed by atoms with Gasteiger partial charge in [-0.1, -0.05) is 6.07 Å². The van der Waals surface area contributed by atoms with Gasteiger partial charge in [-0.25, -0.2) is 8.42 Å². The lowest BCUT2D eigenvalue weighted by molar-refractivity contribution is -0.137. The fourth-order valence-corrected chi connectivity index (χ4v) is 6.11. The lowest BCUT2D eigenvalue weighted by atomic mass is 10.0. The van der Waals surface area contributed by atoms with Crippen molar-refractivity contribution in [3.63, 3.8) is 0 Å². The maximum Gasteiger partial charge on any atom is 0.416 e. The molecule has 1 N–H and O–H groups in total. The molecular formula is C26H20F3N3O4S. The van der Waals surface area contributed by atoms with Gasteiger partial charge in [0.05, 0.1) is 34.3 Å². The van der Waals surface area contributed by atoms with Crippen molar-refractivity contribution >= 4 is 26.6 Å². The van der Waals surface area contributed by atoms with Crippen LogP contribution < -0.4 is 10.9 Å². The Labute approximate surface area is 209 Å². The minimum Gasteiger partial charge on any atom is -0.344 e. The molecule has 0 fully saturated rings. The Morgan fingerprint density at radius 2 is 1.73 bits per heavy atom. The number of benzene rings is 2. The van der Waals surface area contributed by atoms with E-state index in [2.05, 4.69) is 10.3 Å². The number of fused-ring (bicyclic) bond motifs is 3. The molecule has 1 aliphatic rings. The third-order valence-electron chi connectivity index (χ3n) is 6.31. The second-order valence-corrected chi connectivity index (χ2v) is 10.9. The molecule has 11 heteroatoms. The maximum absolute atomic E-state index is 13.4. The normalized spacial score (nSPS) is 15.4. The molecule has 1 aliphatic heterocycles. The molecule has 7 nitrogen and oxygen atoms in total. The highest BCUT2D eigenvalue weighted by Crippen LogP contribution is 2.33. The summed E-state index contributed by atoms with van der Waals surface area (Å²) in [5.74, 6) is -1.27. The summed E-state index contributed by atoms with van der Waals surface area (Å²) in [5, 5.41) is 3.21. The Hall–Kier alpha value is -3.99. The number of alkyl halides is 3. The van der Waals surface area contributed by atoms with Crippen LogP contribution in [0.3, 0.4) is 0 Å². The number of hydrogen-bond donors (Lipinski definition) is 1. The van der Waals surface area contributed by atoms with Gasteiger partial charge < -0.3 is 5.32 Å². The molecule has 1 amide bonds. The number of sulfone groups is 1. The van der Waals surface area contributed by atoms with Gasteiger partial charge in [0.25, 0.3) is 11.5 Å². The van der Waals surface area contributed by atoms with Gasteiger partial charge in [-0.2, -0.15) is 13.2 Å². The molecule has 4 aromatic rings. The van der Waals surface area contributed by atoms with E-state index in [1.165, 1.54) is 22.8 Å². The molecule has 190 valence electrons. The van der Waals surface area contributed by atoms with Gasteiger partial charge >= 0.3 is 6.18 Å². The smallest absolute Gasteiger partial charge is 0.344 e. The lowest BCUT2D eigenvalue weighted by Gasteiger charge is -2.17. The number of amides is 1. The van der Waals surface area contributed by atoms with Crippen molar-refractivity contribution in [3.8, 4) is 5.69 Å². The molecule has 0 spiro atoms. The Kier molecular flexibility index (Phi) is 5.90. The third kappa shape index (κ3) is 4.62. The number of rotatable bonds is 4. The molecule has 0 bridgehead atoms. The van der Waals surface area contributed by atoms with Crippen LogP contribution >= 0.6 is 0 Å². The van der Waals surface area contributed by atoms with Crippen molar-refractivity contribution in [2.24, 2.45) is 0 Å². The SMILES string of the molecule is C[C@H](NC(=O)c1ccc2c(c1)c1c(c(=O)n2-c2ccc(C(F)(F)F)cc2)CS(=O)(=O)C1)c1ccccn1. The quantitative estimate of drug-likeness (QED) is 0.426. The van der Waals surface area contributed by atoms with Gasteiger partial charge in [-0.05, 0) is 67.1 Å². The number of carbonyl (C=O) groups is 1. The number of nitrogens with zero attached hydrogens (tertiary/aromatic N) is 2. The van der Waals surface area contributed by atoms with Crippen molar-refractivity contribution in [1.82, 2.24) is 14.9 Å². The minimum atomic E-state index is -4.55. The van der Waals surface area contributed by atoms with Crippen LogP contribution in [0.15, 0.2) is 71.7 Å². The first-order valence-corrected chi connectivity index (χ1v) is 13.1. The average molecular weight is 528 g/mol. The molecular weight excluding hydrogens is 507 g/mol. The number of aromatic nitrogens is 2. The second-order valence-electron chi connectivity index (χ2n) is 8.86. The summed E-state index contributed by atoms with van der Waals surface area (Å²) in [4.78, 5) is 30.6. The van der Waals surface area contributed by atoms with Gasteiger partial charge in [0.15, 0.2) is 9.84 Å². The largest absolute Gasteiger partial charge is 0.416 e. The molecule has 3 heterocycles. The highest BCUT2D eigenvalue weighted by molar-refractivity contribution is 7.90. The summed E-state index contributed by atoms with van der Waals surface area (Å²) < 4.78 is 65.3. The maximum atomic E-state index is 13.4. The first-order valence-electron chi connectivity index (χ1n) is 11.2. The van der Waals surface area contributed by atoms with Crippen LogP contribution in [0.4, 0.5) is 13.2 Å². The van der Waals surface area contributed by atoms with Crippen molar-refractivity contribution in [2.45, 2.75) is 30.6 Å². The highest BCUT2D eigenvalue weighted by Gasteiger charge is 2.32. The summed E-state index contributed by atoms with van der Waals surface area (Å²) in [6.07, 6.45) is -2.94. The minimum absolute atomic E-state index is 0.0480. The third-order valence-corrected chi connectivity index (χ3v) is 7.77. The monoisotopic (exact) mass is 527 g/mol. The van der Waals surface area contributed by atoms with E-state index in [1.54, 1.807) is 31.3 Å². The van der Waals surface area contributed by atoms with E-state index in [4.69, 9.17) is 0 Å². The zero-order valence-corrected chi connectivity index (χ0v) is 20.2. The van der Waals surface area contributed by atoms with E-state index in [0.29, 0.717) is 16.6 Å². The standard InChI is InChI=1S/C26H20F3N3O4S/c1-15(22-4-2-3-11-30-22)31-24(33)16-5-10-23-19(12-16)20-13-37(35,36)14-21(20)25(34)32(23)18-8-6-17(7-9-18)26(27,28)29/h2-12,15H,13-14H2,1H3,(H,31,33)/t15-/m0/s1. The van der Waals surface area contributed by atoms with Crippen molar-refractivity contribution in [2.75, 3.05) is 0 Å². The Morgan fingerprint density at radius 1 is 1.03 bits per heavy atom. The summed E-state index contributed by atoms with van der Waals surface area (Å²) in [7, 11) is -3.60. The molecule has 0 unspecified atom stereocenters. The fourth-order valence-electron chi connectivity index (χ4n) is 4.50. The molecule has 5 rings (SSSR count). The van der Waals surface area contributed by atoms with Crippen molar-refractivity contribution in [1.29, 1.82) is 0 Å². The van der Waals surface area contributed by atoms with Crippen LogP contribution in [0, 0.1) is 0 Å². The number of carbonyl (C=O) groups excluding carboxylic acids is 1. The topological polar surface area (TPSA) is 98.1 Å². The van der Waals surface area contributed by atoms with Crippen LogP contribution in [0.2, 0.25) is 0 Å². The summed E-state index contributed by atoms with van der Waals surface area (Å²) >= 11 is 0. The second kappa shape index (κ2) is 8.84. The Morgan fingerprint density at radius 3 is 2.38 bits per heavy atom. The van der Waals surface area contributed by atoms with Crippen LogP contribution in [0.5, 0.6) is 0 Å². The summed E-state index contributed by atoms with van der Waals surface area (Å²) in [5.41, 5.74) is 0.176. The molecule has 2 aromatic heterocycles. The van der Waals surface area contributed by atoms with Gasteiger partial charge in [0.1, 0.15) is 0 Å². The first-order chi connectivity index (χ1) is 17.4. The average Bonchev–Trinajstić information content (AvgIpc) is 3.20. The zero-order valence-electron chi connectivity index (χ0n) is 19.4. The van der Waals surface area contributed by atoms with Gasteiger partial charge in [-0.3, -0.25) is 19.1 Å². The summed E-state index contributed by atoms with van der Waals surface area (Å²) in [6.45, 7) is 1.77. The van der Waals surface area contributed by atoms with Crippen molar-refractivity contribution < 1.29 is 26.4 Å². The molecule has 37 heavy (non-hydrogen) atoms. The molecule has 0 saturated carbocycles. The van der Waals surface area contributed by atoms with Gasteiger partial charge in [0, 0.05) is 28.4 Å². The number of halogens is 3. The van der Waals surface area contributed by atoms with E-state index in [-0.39, 0.29) is 28.1 Å². The van der Waals surface area contributed by atoms with E-state index in [9.17, 15) is 31.2 Å². The first kappa shape index (κ1) is 24.7. The van der Waals surface area contributed by atoms with Crippen LogP contribution in [-0.4, -0.2) is 23.9 Å². The number of nitrogens with one attached hydrogen (secondary N) is 1. The molecule has 2 aromatic carbocycles. The number of hydrogen-bond acceptors (Lipinski definition) is 5. The van der Waals surface area contributed by atoms with E-state index >= 15 is 0 Å². The van der Waals surface area contributed by atoms with Crippen LogP contribution in [0.1, 0.15) is 45.7 Å². The zero-order chi connectivity index (χ0) is 26.5. The fraction of sp³-hybridized carbons (Fsp3) is 0.192. The predicted octanol–water partition coefficient (Wildman–Crippen LogP) is 4.32. The number of pyridine rings is 2. The van der Waals surface area contributed by atoms with Gasteiger partial charge in [0.2, 0.25) is 0 Å². The lowest BCUT2D eigenvalue weighted by Crippen LogP contribution is -2.27. The van der Waals surface area contributed by atoms with E-state index in [0.717, 1.165) is 24.3 Å². The molecule has 0 radical (unpaired) electrons. The van der Waals surface area contributed by atoms with Crippen molar-refractivity contribution in [3.05, 3.63) is 105 Å².